The molecule has 0 bridgehead atoms. The molecular weight excluding hydrogens is 340 g/mol. The van der Waals surface area contributed by atoms with Crippen molar-refractivity contribution in [1.82, 2.24) is 14.8 Å². The number of ether oxygens (including phenoxy) is 1. The van der Waals surface area contributed by atoms with Gasteiger partial charge in [0.2, 0.25) is 11.1 Å². The molecule has 7 heteroatoms. The average molecular weight is 363 g/mol. The maximum absolute atomic E-state index is 5.21. The first-order chi connectivity index (χ1) is 11.7. The van der Waals surface area contributed by atoms with E-state index < -0.39 is 0 Å². The Kier molecular flexibility index (Phi) is 5.63. The zero-order chi connectivity index (χ0) is 16.9. The lowest BCUT2D eigenvalue weighted by molar-refractivity contribution is 0.326. The minimum atomic E-state index is 0.553. The Hall–Kier alpha value is -1.73. The van der Waals surface area contributed by atoms with E-state index in [0.717, 1.165) is 35.7 Å². The molecule has 0 radical (unpaired) electrons. The molecule has 1 fully saturated rings. The summed E-state index contributed by atoms with van der Waals surface area (Å²) in [5.41, 5.74) is 1.33. The fraction of sp³-hybridized carbons (Fsp3) is 0.412. The van der Waals surface area contributed by atoms with E-state index in [1.54, 1.807) is 24.6 Å². The van der Waals surface area contributed by atoms with Crippen molar-refractivity contribution in [3.8, 4) is 5.75 Å². The van der Waals surface area contributed by atoms with Crippen LogP contribution in [0.1, 0.15) is 5.56 Å². The SMILES string of the molecule is COc1ccc(CSC2CN(C)C(=Nc3nccs3)N(C)C2)cc1. The van der Waals surface area contributed by atoms with Gasteiger partial charge in [-0.25, -0.2) is 4.98 Å². The van der Waals surface area contributed by atoms with Crippen LogP contribution in [0.5, 0.6) is 5.75 Å². The summed E-state index contributed by atoms with van der Waals surface area (Å²) in [7, 11) is 5.90. The molecule has 1 aliphatic heterocycles. The van der Waals surface area contributed by atoms with Gasteiger partial charge in [-0.15, -0.1) is 11.3 Å². The van der Waals surface area contributed by atoms with Crippen LogP contribution in [0.15, 0.2) is 40.8 Å². The lowest BCUT2D eigenvalue weighted by Crippen LogP contribution is -2.52. The van der Waals surface area contributed by atoms with Crippen LogP contribution in [-0.4, -0.2) is 60.3 Å². The van der Waals surface area contributed by atoms with Crippen LogP contribution < -0.4 is 4.74 Å². The zero-order valence-electron chi connectivity index (χ0n) is 14.2. The Morgan fingerprint density at radius 2 is 1.96 bits per heavy atom. The largest absolute Gasteiger partial charge is 0.497 e. The van der Waals surface area contributed by atoms with Crippen LogP contribution in [-0.2, 0) is 5.75 Å². The molecule has 0 saturated carbocycles. The molecular formula is C17H22N4OS2. The molecule has 3 rings (SSSR count). The molecule has 0 spiro atoms. The second-order valence-electron chi connectivity index (χ2n) is 5.77. The van der Waals surface area contributed by atoms with Crippen LogP contribution in [0.3, 0.4) is 0 Å². The van der Waals surface area contributed by atoms with Crippen LogP contribution in [0.2, 0.25) is 0 Å². The zero-order valence-corrected chi connectivity index (χ0v) is 15.8. The number of thiazole rings is 1. The van der Waals surface area contributed by atoms with Gasteiger partial charge >= 0.3 is 0 Å². The van der Waals surface area contributed by atoms with Crippen LogP contribution in [0.4, 0.5) is 5.13 Å². The van der Waals surface area contributed by atoms with Gasteiger partial charge in [-0.1, -0.05) is 12.1 Å². The van der Waals surface area contributed by atoms with Crippen LogP contribution in [0, 0.1) is 0 Å². The van der Waals surface area contributed by atoms with Gasteiger partial charge < -0.3 is 14.5 Å². The number of aliphatic imine (C=N–C) groups is 1. The van der Waals surface area contributed by atoms with Gasteiger partial charge in [0.05, 0.1) is 7.11 Å². The quantitative estimate of drug-likeness (QED) is 0.816. The summed E-state index contributed by atoms with van der Waals surface area (Å²) in [6.45, 7) is 1.99. The minimum absolute atomic E-state index is 0.553. The molecule has 1 aliphatic rings. The van der Waals surface area contributed by atoms with E-state index in [2.05, 4.69) is 46.0 Å². The first-order valence-corrected chi connectivity index (χ1v) is 9.73. The summed E-state index contributed by atoms with van der Waals surface area (Å²) in [6, 6.07) is 8.32. The number of rotatable bonds is 5. The van der Waals surface area contributed by atoms with E-state index in [1.807, 2.05) is 29.3 Å². The molecule has 0 atom stereocenters. The van der Waals surface area contributed by atoms with Crippen molar-refractivity contribution in [1.29, 1.82) is 0 Å². The average Bonchev–Trinajstić information content (AvgIpc) is 3.10. The third kappa shape index (κ3) is 4.21. The third-order valence-corrected chi connectivity index (χ3v) is 5.83. The molecule has 1 aromatic carbocycles. The number of hydrogen-bond donors (Lipinski definition) is 0. The van der Waals surface area contributed by atoms with Gasteiger partial charge in [0.15, 0.2) is 0 Å². The Balaban J connectivity index is 1.57. The standard InChI is InChI=1S/C17H22N4OS2/c1-20-10-15(24-12-13-4-6-14(22-3)7-5-13)11-21(2)17(20)19-16-18-8-9-23-16/h4-9,15H,10-12H2,1-3H3. The molecule has 1 saturated heterocycles. The highest BCUT2D eigenvalue weighted by molar-refractivity contribution is 7.99. The highest BCUT2D eigenvalue weighted by Crippen LogP contribution is 2.25. The molecule has 1 aromatic heterocycles. The topological polar surface area (TPSA) is 41.0 Å². The maximum Gasteiger partial charge on any atom is 0.212 e. The van der Waals surface area contributed by atoms with Gasteiger partial charge in [0.25, 0.3) is 0 Å². The summed E-state index contributed by atoms with van der Waals surface area (Å²) in [6.07, 6.45) is 1.79. The molecule has 128 valence electrons. The predicted molar refractivity (Wildman–Crippen MR) is 103 cm³/mol. The van der Waals surface area contributed by atoms with Crippen molar-refractivity contribution >= 4 is 34.2 Å². The fourth-order valence-electron chi connectivity index (χ4n) is 2.69. The van der Waals surface area contributed by atoms with E-state index in [4.69, 9.17) is 4.74 Å². The van der Waals surface area contributed by atoms with Gasteiger partial charge in [0, 0.05) is 49.8 Å². The number of guanidine groups is 1. The number of benzene rings is 1. The van der Waals surface area contributed by atoms with Gasteiger partial charge in [-0.3, -0.25) is 0 Å². The molecule has 2 heterocycles. The van der Waals surface area contributed by atoms with Crippen LogP contribution >= 0.6 is 23.1 Å². The number of hydrogen-bond acceptors (Lipinski definition) is 5. The molecule has 0 N–H and O–H groups in total. The molecule has 0 aliphatic carbocycles. The molecule has 2 aromatic rings. The first kappa shape index (κ1) is 17.1. The van der Waals surface area contributed by atoms with Gasteiger partial charge in [0.1, 0.15) is 5.75 Å². The Labute approximate surface area is 151 Å². The summed E-state index contributed by atoms with van der Waals surface area (Å²) < 4.78 is 5.21. The maximum atomic E-state index is 5.21. The van der Waals surface area contributed by atoms with Crippen molar-refractivity contribution in [2.24, 2.45) is 4.99 Å². The number of methoxy groups -OCH3 is 1. The summed E-state index contributed by atoms with van der Waals surface area (Å²) >= 11 is 3.55. The van der Waals surface area contributed by atoms with Crippen LogP contribution in [0.25, 0.3) is 0 Å². The molecule has 5 nitrogen and oxygen atoms in total. The first-order valence-electron chi connectivity index (χ1n) is 7.80. The lowest BCUT2D eigenvalue weighted by Gasteiger charge is -2.39. The Bertz CT molecular complexity index is 658. The Morgan fingerprint density at radius 1 is 1.25 bits per heavy atom. The van der Waals surface area contributed by atoms with E-state index in [9.17, 15) is 0 Å². The van der Waals surface area contributed by atoms with E-state index >= 15 is 0 Å². The number of aromatic nitrogens is 1. The second-order valence-corrected chi connectivity index (χ2v) is 7.93. The van der Waals surface area contributed by atoms with Gasteiger partial charge in [-0.2, -0.15) is 16.8 Å². The Morgan fingerprint density at radius 3 is 2.54 bits per heavy atom. The fourth-order valence-corrected chi connectivity index (χ4v) is 4.47. The lowest BCUT2D eigenvalue weighted by atomic mass is 10.2. The van der Waals surface area contributed by atoms with E-state index in [0.29, 0.717) is 5.25 Å². The number of nitrogens with zero attached hydrogens (tertiary/aromatic N) is 4. The van der Waals surface area contributed by atoms with Crippen molar-refractivity contribution in [3.05, 3.63) is 41.4 Å². The summed E-state index contributed by atoms with van der Waals surface area (Å²) in [4.78, 5) is 13.4. The molecule has 0 unspecified atom stereocenters. The predicted octanol–water partition coefficient (Wildman–Crippen LogP) is 3.32. The number of thioether (sulfide) groups is 1. The third-order valence-electron chi connectivity index (χ3n) is 3.90. The molecule has 24 heavy (non-hydrogen) atoms. The van der Waals surface area contributed by atoms with E-state index in [1.165, 1.54) is 5.56 Å². The summed E-state index contributed by atoms with van der Waals surface area (Å²) in [5, 5.41) is 3.32. The minimum Gasteiger partial charge on any atom is -0.497 e. The smallest absolute Gasteiger partial charge is 0.212 e. The van der Waals surface area contributed by atoms with Crippen molar-refractivity contribution < 1.29 is 4.74 Å². The van der Waals surface area contributed by atoms with Crippen molar-refractivity contribution in [3.63, 3.8) is 0 Å². The molecule has 0 amide bonds. The van der Waals surface area contributed by atoms with Gasteiger partial charge in [-0.05, 0) is 17.7 Å². The van der Waals surface area contributed by atoms with Crippen molar-refractivity contribution in [2.75, 3.05) is 34.3 Å². The normalized spacial score (nSPS) is 18.0. The van der Waals surface area contributed by atoms with Crippen molar-refractivity contribution in [2.45, 2.75) is 11.0 Å². The van der Waals surface area contributed by atoms with E-state index in [-0.39, 0.29) is 0 Å². The highest BCUT2D eigenvalue weighted by atomic mass is 32.2. The monoisotopic (exact) mass is 362 g/mol. The second kappa shape index (κ2) is 7.90. The highest BCUT2D eigenvalue weighted by Gasteiger charge is 2.26. The summed E-state index contributed by atoms with van der Waals surface area (Å²) in [5.74, 6) is 2.91.